The second-order valence-corrected chi connectivity index (χ2v) is 4.40. The number of carbonyl (C=O) groups excluding carboxylic acids is 1. The van der Waals surface area contributed by atoms with E-state index in [9.17, 15) is 14.9 Å². The minimum atomic E-state index is -0.575. The van der Waals surface area contributed by atoms with Gasteiger partial charge in [0, 0.05) is 25.2 Å². The number of nitro groups is 1. The van der Waals surface area contributed by atoms with Crippen LogP contribution in [0.3, 0.4) is 0 Å². The van der Waals surface area contributed by atoms with Gasteiger partial charge in [-0.15, -0.1) is 5.06 Å². The van der Waals surface area contributed by atoms with Crippen LogP contribution in [-0.2, 0) is 4.84 Å². The fourth-order valence-electron chi connectivity index (χ4n) is 1.97. The van der Waals surface area contributed by atoms with Gasteiger partial charge in [-0.3, -0.25) is 10.1 Å². The summed E-state index contributed by atoms with van der Waals surface area (Å²) in [5, 5.41) is 12.2. The normalized spacial score (nSPS) is 16.0. The van der Waals surface area contributed by atoms with Gasteiger partial charge in [0.1, 0.15) is 0 Å². The van der Waals surface area contributed by atoms with E-state index in [0.29, 0.717) is 13.1 Å². The average Bonchev–Trinajstić information content (AvgIpc) is 2.39. The van der Waals surface area contributed by atoms with Crippen LogP contribution >= 0.6 is 0 Å². The number of hydrogen-bond acceptors (Lipinski definition) is 6. The van der Waals surface area contributed by atoms with E-state index in [1.807, 2.05) is 0 Å². The highest BCUT2D eigenvalue weighted by atomic mass is 16.7. The lowest BCUT2D eigenvalue weighted by Gasteiger charge is -2.24. The number of anilines is 1. The van der Waals surface area contributed by atoms with E-state index in [2.05, 4.69) is 0 Å². The van der Waals surface area contributed by atoms with Crippen molar-refractivity contribution in [3.05, 3.63) is 33.9 Å². The molecule has 7 nitrogen and oxygen atoms in total. The Morgan fingerprint density at radius 2 is 2.00 bits per heavy atom. The van der Waals surface area contributed by atoms with Gasteiger partial charge >= 0.3 is 5.97 Å². The number of rotatable bonds is 3. The summed E-state index contributed by atoms with van der Waals surface area (Å²) in [4.78, 5) is 27.1. The molecular weight excluding hydrogens is 250 g/mol. The first kappa shape index (κ1) is 13.3. The number of nitrogens with two attached hydrogens (primary N) is 1. The Morgan fingerprint density at radius 1 is 1.32 bits per heavy atom. The molecule has 0 amide bonds. The fraction of sp³-hybridized carbons (Fsp3) is 0.417. The Balaban J connectivity index is 2.08. The third kappa shape index (κ3) is 3.19. The molecule has 7 heteroatoms. The monoisotopic (exact) mass is 265 g/mol. The van der Waals surface area contributed by atoms with E-state index < -0.39 is 10.9 Å². The highest BCUT2D eigenvalue weighted by Crippen LogP contribution is 2.21. The van der Waals surface area contributed by atoms with Crippen molar-refractivity contribution in [2.45, 2.75) is 19.3 Å². The lowest BCUT2D eigenvalue weighted by Crippen LogP contribution is -2.32. The van der Waals surface area contributed by atoms with Crippen molar-refractivity contribution < 1.29 is 14.6 Å². The Labute approximate surface area is 110 Å². The number of hydroxylamine groups is 2. The molecule has 1 aliphatic rings. The molecule has 102 valence electrons. The summed E-state index contributed by atoms with van der Waals surface area (Å²) in [5.74, 6) is -0.575. The number of nitrogens with zero attached hydrogens (tertiary/aromatic N) is 2. The molecule has 0 bridgehead atoms. The van der Waals surface area contributed by atoms with E-state index in [1.165, 1.54) is 12.1 Å². The minimum Gasteiger partial charge on any atom is -0.398 e. The van der Waals surface area contributed by atoms with Crippen LogP contribution in [0.2, 0.25) is 0 Å². The van der Waals surface area contributed by atoms with Crippen molar-refractivity contribution in [1.29, 1.82) is 0 Å². The quantitative estimate of drug-likeness (QED) is 0.507. The first-order chi connectivity index (χ1) is 9.08. The molecule has 2 rings (SSSR count). The standard InChI is InChI=1S/C12H15N3O4/c13-11-8-9(15(17)18)4-5-10(11)12(16)19-14-6-2-1-3-7-14/h4-5,8H,1-3,6-7,13H2. The van der Waals surface area contributed by atoms with Crippen LogP contribution < -0.4 is 5.73 Å². The van der Waals surface area contributed by atoms with E-state index in [0.717, 1.165) is 25.3 Å². The van der Waals surface area contributed by atoms with Crippen LogP contribution in [-0.4, -0.2) is 29.0 Å². The Bertz CT molecular complexity index is 498. The maximum Gasteiger partial charge on any atom is 0.359 e. The van der Waals surface area contributed by atoms with Crippen molar-refractivity contribution in [3.8, 4) is 0 Å². The predicted molar refractivity (Wildman–Crippen MR) is 68.3 cm³/mol. The number of hydrogen-bond donors (Lipinski definition) is 1. The third-order valence-electron chi connectivity index (χ3n) is 2.99. The topological polar surface area (TPSA) is 98.7 Å². The first-order valence-electron chi connectivity index (χ1n) is 6.09. The molecule has 19 heavy (non-hydrogen) atoms. The van der Waals surface area contributed by atoms with Crippen molar-refractivity contribution in [3.63, 3.8) is 0 Å². The van der Waals surface area contributed by atoms with E-state index in [4.69, 9.17) is 10.6 Å². The Hall–Kier alpha value is -2.15. The second-order valence-electron chi connectivity index (χ2n) is 4.40. The highest BCUT2D eigenvalue weighted by Gasteiger charge is 2.19. The van der Waals surface area contributed by atoms with Crippen molar-refractivity contribution >= 4 is 17.3 Å². The first-order valence-corrected chi connectivity index (χ1v) is 6.09. The van der Waals surface area contributed by atoms with Gasteiger partial charge in [-0.2, -0.15) is 0 Å². The maximum absolute atomic E-state index is 11.9. The average molecular weight is 265 g/mol. The Kier molecular flexibility index (Phi) is 3.96. The summed E-state index contributed by atoms with van der Waals surface area (Å²) in [7, 11) is 0. The van der Waals surface area contributed by atoms with Gasteiger partial charge in [0.05, 0.1) is 16.2 Å². The van der Waals surface area contributed by atoms with E-state index >= 15 is 0 Å². The third-order valence-corrected chi connectivity index (χ3v) is 2.99. The molecule has 1 aromatic rings. The molecular formula is C12H15N3O4. The molecule has 0 aromatic heterocycles. The lowest BCUT2D eigenvalue weighted by molar-refractivity contribution is -0.384. The van der Waals surface area contributed by atoms with Gasteiger partial charge in [0.15, 0.2) is 0 Å². The molecule has 1 fully saturated rings. The van der Waals surface area contributed by atoms with E-state index in [1.54, 1.807) is 5.06 Å². The summed E-state index contributed by atoms with van der Waals surface area (Å²) in [5.41, 5.74) is 5.70. The molecule has 1 saturated heterocycles. The van der Waals surface area contributed by atoms with Crippen LogP contribution in [0.5, 0.6) is 0 Å². The zero-order valence-corrected chi connectivity index (χ0v) is 10.4. The molecule has 0 spiro atoms. The van der Waals surface area contributed by atoms with Gasteiger partial charge in [-0.05, 0) is 18.9 Å². The smallest absolute Gasteiger partial charge is 0.359 e. The summed E-state index contributed by atoms with van der Waals surface area (Å²) < 4.78 is 0. The number of piperidine rings is 1. The van der Waals surface area contributed by atoms with Crippen LogP contribution in [0.1, 0.15) is 29.6 Å². The molecule has 1 aromatic carbocycles. The van der Waals surface area contributed by atoms with Crippen LogP contribution in [0.15, 0.2) is 18.2 Å². The van der Waals surface area contributed by atoms with Gasteiger partial charge in [0.2, 0.25) is 0 Å². The van der Waals surface area contributed by atoms with Crippen molar-refractivity contribution in [1.82, 2.24) is 5.06 Å². The zero-order valence-electron chi connectivity index (χ0n) is 10.4. The lowest BCUT2D eigenvalue weighted by atomic mass is 10.1. The summed E-state index contributed by atoms with van der Waals surface area (Å²) in [6, 6.07) is 3.72. The fourth-order valence-corrected chi connectivity index (χ4v) is 1.97. The molecule has 0 unspecified atom stereocenters. The van der Waals surface area contributed by atoms with Crippen molar-refractivity contribution in [2.75, 3.05) is 18.8 Å². The molecule has 2 N–H and O–H groups in total. The minimum absolute atomic E-state index is 0.0520. The molecule has 1 heterocycles. The molecule has 0 saturated carbocycles. The summed E-state index contributed by atoms with van der Waals surface area (Å²) in [6.07, 6.45) is 3.11. The number of carbonyl (C=O) groups is 1. The van der Waals surface area contributed by atoms with Gasteiger partial charge in [0.25, 0.3) is 5.69 Å². The number of non-ortho nitro benzene ring substituents is 1. The van der Waals surface area contributed by atoms with Gasteiger partial charge in [-0.25, -0.2) is 4.79 Å². The summed E-state index contributed by atoms with van der Waals surface area (Å²) >= 11 is 0. The van der Waals surface area contributed by atoms with Crippen LogP contribution in [0, 0.1) is 10.1 Å². The molecule has 1 aliphatic heterocycles. The number of benzene rings is 1. The van der Waals surface area contributed by atoms with Crippen LogP contribution in [0.25, 0.3) is 0 Å². The second kappa shape index (κ2) is 5.66. The number of nitro benzene ring substituents is 1. The van der Waals surface area contributed by atoms with Crippen LogP contribution in [0.4, 0.5) is 11.4 Å². The predicted octanol–water partition coefficient (Wildman–Crippen LogP) is 1.73. The number of nitrogen functional groups attached to an aromatic ring is 1. The van der Waals surface area contributed by atoms with Gasteiger partial charge < -0.3 is 10.6 Å². The van der Waals surface area contributed by atoms with E-state index in [-0.39, 0.29) is 16.9 Å². The Morgan fingerprint density at radius 3 is 2.58 bits per heavy atom. The SMILES string of the molecule is Nc1cc([N+](=O)[O-])ccc1C(=O)ON1CCCCC1. The maximum atomic E-state index is 11.9. The summed E-state index contributed by atoms with van der Waals surface area (Å²) in [6.45, 7) is 1.41. The van der Waals surface area contributed by atoms with Crippen molar-refractivity contribution in [2.24, 2.45) is 0 Å². The molecule has 0 aliphatic carbocycles. The zero-order chi connectivity index (χ0) is 13.8. The molecule has 0 atom stereocenters. The molecule has 0 radical (unpaired) electrons. The van der Waals surface area contributed by atoms with Gasteiger partial charge in [-0.1, -0.05) is 6.42 Å². The largest absolute Gasteiger partial charge is 0.398 e. The highest BCUT2D eigenvalue weighted by molar-refractivity contribution is 5.95.